The van der Waals surface area contributed by atoms with Gasteiger partial charge in [-0.3, -0.25) is 13.8 Å². The van der Waals surface area contributed by atoms with Crippen LogP contribution in [0.5, 0.6) is 0 Å². The summed E-state index contributed by atoms with van der Waals surface area (Å²) in [5, 5.41) is 13.8. The van der Waals surface area contributed by atoms with Crippen LogP contribution in [0.2, 0.25) is 0 Å². The average molecular weight is 892 g/mol. The van der Waals surface area contributed by atoms with E-state index in [1.807, 2.05) is 27.2 Å². The number of unbranched alkanes of at least 4 members (excludes halogenated alkanes) is 25. The molecule has 0 radical (unpaired) electrons. The maximum Gasteiger partial charge on any atom is 0.472 e. The van der Waals surface area contributed by atoms with Crippen molar-refractivity contribution >= 4 is 13.7 Å². The number of aliphatic hydroxyl groups excluding tert-OH is 1. The Bertz CT molecular complexity index is 1190. The summed E-state index contributed by atoms with van der Waals surface area (Å²) in [6, 6.07) is -0.846. The molecule has 9 heteroatoms. The summed E-state index contributed by atoms with van der Waals surface area (Å²) in [4.78, 5) is 23.2. The van der Waals surface area contributed by atoms with Crippen molar-refractivity contribution in [3.8, 4) is 0 Å². The van der Waals surface area contributed by atoms with Crippen LogP contribution in [0.4, 0.5) is 0 Å². The molecule has 0 aliphatic heterocycles. The minimum atomic E-state index is -4.34. The van der Waals surface area contributed by atoms with Gasteiger partial charge in [-0.2, -0.15) is 0 Å². The van der Waals surface area contributed by atoms with Gasteiger partial charge in [0, 0.05) is 6.42 Å². The van der Waals surface area contributed by atoms with Gasteiger partial charge in [-0.15, -0.1) is 0 Å². The molecule has 0 rings (SSSR count). The van der Waals surface area contributed by atoms with Gasteiger partial charge in [-0.1, -0.05) is 216 Å². The van der Waals surface area contributed by atoms with E-state index in [0.717, 1.165) is 64.2 Å². The highest BCUT2D eigenvalue weighted by Gasteiger charge is 2.27. The number of nitrogens with one attached hydrogen (secondary N) is 1. The predicted molar refractivity (Wildman–Crippen MR) is 267 cm³/mol. The van der Waals surface area contributed by atoms with E-state index in [4.69, 9.17) is 9.05 Å². The predicted octanol–water partition coefficient (Wildman–Crippen LogP) is 15.0. The van der Waals surface area contributed by atoms with Gasteiger partial charge < -0.3 is 19.8 Å². The van der Waals surface area contributed by atoms with Gasteiger partial charge in [0.05, 0.1) is 39.9 Å². The van der Waals surface area contributed by atoms with Gasteiger partial charge in [-0.05, 0) is 57.8 Å². The number of likely N-dealkylation sites (N-methyl/N-ethyl adjacent to an activating group) is 1. The molecule has 0 aliphatic rings. The standard InChI is InChI=1S/C53H99N2O6P/c1-6-8-10-12-14-16-18-19-20-21-22-23-24-25-26-27-28-29-30-31-32-33-34-35-37-39-41-43-45-47-53(57)54-51(50-61-62(58,59)60-49-48-55(3,4)5)52(56)46-44-42-40-38-36-17-15-13-11-9-7-2/h8,10,14,16,19-20,22-23,44,46,51-52,56H,6-7,9,11-13,15,17-18,21,24-43,45,47-50H2,1-5H3,(H-,54,57,58,59)/p+1/b10-8-,16-14-,20-19-,23-22-,46-44+. The molecule has 8 nitrogen and oxygen atoms in total. The van der Waals surface area contributed by atoms with Crippen LogP contribution >= 0.6 is 7.82 Å². The van der Waals surface area contributed by atoms with E-state index in [-0.39, 0.29) is 19.1 Å². The summed E-state index contributed by atoms with van der Waals surface area (Å²) in [5.74, 6) is -0.179. The van der Waals surface area contributed by atoms with Crippen LogP contribution < -0.4 is 5.32 Å². The number of allylic oxidation sites excluding steroid dienone is 9. The van der Waals surface area contributed by atoms with Crippen molar-refractivity contribution in [3.63, 3.8) is 0 Å². The van der Waals surface area contributed by atoms with E-state index in [1.165, 1.54) is 135 Å². The molecular formula is C53H100N2O6P+. The van der Waals surface area contributed by atoms with Gasteiger partial charge in [0.15, 0.2) is 0 Å². The third-order valence-electron chi connectivity index (χ3n) is 11.2. The molecule has 0 aromatic heterocycles. The van der Waals surface area contributed by atoms with E-state index in [1.54, 1.807) is 6.08 Å². The normalized spacial score (nSPS) is 14.6. The molecule has 0 heterocycles. The van der Waals surface area contributed by atoms with Crippen molar-refractivity contribution in [2.75, 3.05) is 40.9 Å². The maximum atomic E-state index is 12.9. The van der Waals surface area contributed by atoms with Gasteiger partial charge in [0.1, 0.15) is 13.2 Å². The number of quaternary nitrogens is 1. The highest BCUT2D eigenvalue weighted by molar-refractivity contribution is 7.47. The summed E-state index contributed by atoms with van der Waals surface area (Å²) in [6.07, 6.45) is 58.8. The molecule has 0 fully saturated rings. The molecule has 0 saturated carbocycles. The molecule has 3 unspecified atom stereocenters. The lowest BCUT2D eigenvalue weighted by Crippen LogP contribution is -2.45. The Hall–Kier alpha value is -1.80. The minimum absolute atomic E-state index is 0.0606. The zero-order valence-electron chi connectivity index (χ0n) is 41.1. The number of amides is 1. The lowest BCUT2D eigenvalue weighted by molar-refractivity contribution is -0.870. The number of phosphoric ester groups is 1. The van der Waals surface area contributed by atoms with E-state index in [2.05, 4.69) is 67.8 Å². The maximum absolute atomic E-state index is 12.9. The quantitative estimate of drug-likeness (QED) is 0.0243. The number of phosphoric acid groups is 1. The van der Waals surface area contributed by atoms with Crippen LogP contribution in [-0.4, -0.2) is 73.4 Å². The van der Waals surface area contributed by atoms with E-state index in [0.29, 0.717) is 17.4 Å². The Labute approximate surface area is 383 Å². The second kappa shape index (κ2) is 44.4. The number of carbonyl (C=O) groups excluding carboxylic acids is 1. The van der Waals surface area contributed by atoms with Gasteiger partial charge >= 0.3 is 7.82 Å². The van der Waals surface area contributed by atoms with Crippen LogP contribution in [0.15, 0.2) is 60.8 Å². The molecule has 0 aliphatic carbocycles. The van der Waals surface area contributed by atoms with E-state index in [9.17, 15) is 19.4 Å². The number of carbonyl (C=O) groups is 1. The van der Waals surface area contributed by atoms with Crippen LogP contribution in [0, 0.1) is 0 Å². The van der Waals surface area contributed by atoms with E-state index >= 15 is 0 Å². The van der Waals surface area contributed by atoms with Crippen molar-refractivity contribution in [1.82, 2.24) is 5.32 Å². The topological polar surface area (TPSA) is 105 Å². The molecule has 0 saturated heterocycles. The summed E-state index contributed by atoms with van der Waals surface area (Å²) in [7, 11) is 1.57. The highest BCUT2D eigenvalue weighted by atomic mass is 31.2. The summed E-state index contributed by atoms with van der Waals surface area (Å²) < 4.78 is 23.6. The first kappa shape index (κ1) is 60.2. The second-order valence-corrected chi connectivity index (χ2v) is 20.0. The van der Waals surface area contributed by atoms with Gasteiger partial charge in [0.2, 0.25) is 5.91 Å². The monoisotopic (exact) mass is 892 g/mol. The third kappa shape index (κ3) is 46.2. The fourth-order valence-electron chi connectivity index (χ4n) is 7.21. The molecule has 0 aromatic carbocycles. The van der Waals surface area contributed by atoms with E-state index < -0.39 is 20.0 Å². The molecule has 1 amide bonds. The second-order valence-electron chi connectivity index (χ2n) is 18.5. The van der Waals surface area contributed by atoms with Gasteiger partial charge in [-0.25, -0.2) is 4.57 Å². The molecule has 0 aromatic rings. The molecule has 362 valence electrons. The molecular weight excluding hydrogens is 792 g/mol. The lowest BCUT2D eigenvalue weighted by atomic mass is 10.0. The smallest absolute Gasteiger partial charge is 0.387 e. The molecule has 62 heavy (non-hydrogen) atoms. The van der Waals surface area contributed by atoms with Crippen LogP contribution in [-0.2, 0) is 18.4 Å². The summed E-state index contributed by atoms with van der Waals surface area (Å²) >= 11 is 0. The van der Waals surface area contributed by atoms with Crippen molar-refractivity contribution in [3.05, 3.63) is 60.8 Å². The number of aliphatic hydroxyl groups is 1. The Morgan fingerprint density at radius 2 is 0.968 bits per heavy atom. The van der Waals surface area contributed by atoms with Crippen LogP contribution in [0.25, 0.3) is 0 Å². The summed E-state index contributed by atoms with van der Waals surface area (Å²) in [6.45, 7) is 4.69. The average Bonchev–Trinajstić information content (AvgIpc) is 3.23. The number of hydrogen-bond acceptors (Lipinski definition) is 5. The van der Waals surface area contributed by atoms with Crippen molar-refractivity contribution in [1.29, 1.82) is 0 Å². The minimum Gasteiger partial charge on any atom is -0.387 e. The Kier molecular flexibility index (Phi) is 43.1. The first-order chi connectivity index (χ1) is 30.0. The van der Waals surface area contributed by atoms with Crippen LogP contribution in [0.3, 0.4) is 0 Å². The molecule has 3 atom stereocenters. The fourth-order valence-corrected chi connectivity index (χ4v) is 7.95. The van der Waals surface area contributed by atoms with Crippen molar-refractivity contribution < 1.29 is 32.9 Å². The van der Waals surface area contributed by atoms with Crippen molar-refractivity contribution in [2.24, 2.45) is 0 Å². The SMILES string of the molecule is CC/C=C\C/C=C\C/C=C\C/C=C\CCCCCCCCCCCCCCCCCCC(=O)NC(COP(=O)(O)OCC[N+](C)(C)C)C(O)/C=C/CCCCCCCCCCC. The zero-order valence-corrected chi connectivity index (χ0v) is 42.0. The number of nitrogens with zero attached hydrogens (tertiary/aromatic N) is 1. The fraction of sp³-hybridized carbons (Fsp3) is 0.792. The first-order valence-electron chi connectivity index (χ1n) is 25.7. The third-order valence-corrected chi connectivity index (χ3v) is 12.2. The highest BCUT2D eigenvalue weighted by Crippen LogP contribution is 2.43. The van der Waals surface area contributed by atoms with Crippen LogP contribution in [0.1, 0.15) is 219 Å². The summed E-state index contributed by atoms with van der Waals surface area (Å²) in [5.41, 5.74) is 0. The number of rotatable bonds is 46. The first-order valence-corrected chi connectivity index (χ1v) is 27.2. The Morgan fingerprint density at radius 3 is 1.42 bits per heavy atom. The Balaban J connectivity index is 4.09. The molecule has 0 spiro atoms. The number of hydrogen-bond donors (Lipinski definition) is 3. The van der Waals surface area contributed by atoms with Crippen molar-refractivity contribution in [2.45, 2.75) is 231 Å². The largest absolute Gasteiger partial charge is 0.472 e. The van der Waals surface area contributed by atoms with Gasteiger partial charge in [0.25, 0.3) is 0 Å². The molecule has 3 N–H and O–H groups in total. The lowest BCUT2D eigenvalue weighted by Gasteiger charge is -2.25. The Morgan fingerprint density at radius 1 is 0.565 bits per heavy atom. The molecule has 0 bridgehead atoms. The zero-order chi connectivity index (χ0) is 45.7.